The summed E-state index contributed by atoms with van der Waals surface area (Å²) >= 11 is 0. The minimum atomic E-state index is -0.945. The van der Waals surface area contributed by atoms with Crippen LogP contribution in [0.3, 0.4) is 0 Å². The molecule has 2 fully saturated rings. The second-order valence-electron chi connectivity index (χ2n) is 8.37. The Bertz CT molecular complexity index is 491. The molecule has 0 amide bonds. The highest BCUT2D eigenvalue weighted by Crippen LogP contribution is 2.34. The molecule has 7 nitrogen and oxygen atoms in total. The monoisotopic (exact) mass is 388 g/mol. The number of aliphatic hydroxyl groups excluding tert-OH is 1. The number of hydrogen-bond acceptors (Lipinski definition) is 7. The Kier molecular flexibility index (Phi) is 7.67. The summed E-state index contributed by atoms with van der Waals surface area (Å²) in [5.41, 5.74) is 0. The van der Waals surface area contributed by atoms with Crippen molar-refractivity contribution in [3.63, 3.8) is 0 Å². The first-order chi connectivity index (χ1) is 12.6. The predicted octanol–water partition coefficient (Wildman–Crippen LogP) is 2.78. The van der Waals surface area contributed by atoms with Crippen LogP contribution in [0.25, 0.3) is 0 Å². The van der Waals surface area contributed by atoms with Crippen LogP contribution in [0.15, 0.2) is 0 Å². The lowest BCUT2D eigenvalue weighted by Gasteiger charge is -2.27. The quantitative estimate of drug-likeness (QED) is 0.608. The normalized spacial score (nSPS) is 31.6. The van der Waals surface area contributed by atoms with E-state index < -0.39 is 36.0 Å². The summed E-state index contributed by atoms with van der Waals surface area (Å²) in [7, 11) is 0. The molecule has 0 aromatic heterocycles. The second-order valence-corrected chi connectivity index (χ2v) is 8.37. The third-order valence-corrected chi connectivity index (χ3v) is 5.09. The van der Waals surface area contributed by atoms with Crippen molar-refractivity contribution in [2.75, 3.05) is 13.2 Å². The highest BCUT2D eigenvalue weighted by molar-refractivity contribution is 5.72. The third-order valence-electron chi connectivity index (χ3n) is 5.09. The number of carbonyl (C=O) groups is 1. The molecule has 27 heavy (non-hydrogen) atoms. The van der Waals surface area contributed by atoms with Crippen LogP contribution in [0.1, 0.15) is 67.2 Å². The Morgan fingerprint density at radius 3 is 2.41 bits per heavy atom. The first kappa shape index (κ1) is 22.6. The van der Waals surface area contributed by atoms with Gasteiger partial charge < -0.3 is 28.8 Å². The molecule has 2 saturated heterocycles. The van der Waals surface area contributed by atoms with E-state index in [1.54, 1.807) is 27.7 Å². The second kappa shape index (κ2) is 9.18. The van der Waals surface area contributed by atoms with Crippen molar-refractivity contribution in [2.45, 2.75) is 103 Å². The fourth-order valence-electron chi connectivity index (χ4n) is 3.60. The van der Waals surface area contributed by atoms with Crippen molar-refractivity contribution < 1.29 is 33.6 Å². The average molecular weight is 389 g/mol. The van der Waals surface area contributed by atoms with Gasteiger partial charge >= 0.3 is 5.97 Å². The van der Waals surface area contributed by atoms with Gasteiger partial charge in [-0.1, -0.05) is 26.7 Å². The highest BCUT2D eigenvalue weighted by Gasteiger charge is 2.50. The molecule has 2 aliphatic rings. The van der Waals surface area contributed by atoms with Crippen molar-refractivity contribution in [2.24, 2.45) is 5.92 Å². The standard InChI is InChI=1S/C20H36O7/c1-7-9-10-13(8-2)18(22)23-11-15-17(27-20(5,6)26-15)16(21)14-12-24-19(3,4)25-14/h13-17,21H,7-12H2,1-6H3/t13?,14-,15+,16-,17-/m1/s1. The Morgan fingerprint density at radius 1 is 1.15 bits per heavy atom. The summed E-state index contributed by atoms with van der Waals surface area (Å²) in [5, 5.41) is 10.8. The van der Waals surface area contributed by atoms with Crippen molar-refractivity contribution in [1.82, 2.24) is 0 Å². The van der Waals surface area contributed by atoms with Crippen LogP contribution in [0.4, 0.5) is 0 Å². The van der Waals surface area contributed by atoms with Gasteiger partial charge in [-0.05, 0) is 40.5 Å². The molecule has 0 spiro atoms. The van der Waals surface area contributed by atoms with Crippen LogP contribution in [0.5, 0.6) is 0 Å². The maximum absolute atomic E-state index is 12.4. The molecule has 0 aromatic carbocycles. The van der Waals surface area contributed by atoms with Gasteiger partial charge in [-0.25, -0.2) is 0 Å². The smallest absolute Gasteiger partial charge is 0.309 e. The van der Waals surface area contributed by atoms with E-state index in [1.165, 1.54) is 0 Å². The van der Waals surface area contributed by atoms with Gasteiger partial charge in [-0.15, -0.1) is 0 Å². The van der Waals surface area contributed by atoms with E-state index in [4.69, 9.17) is 23.7 Å². The zero-order chi connectivity index (χ0) is 20.2. The van der Waals surface area contributed by atoms with Crippen LogP contribution >= 0.6 is 0 Å². The van der Waals surface area contributed by atoms with E-state index in [1.807, 2.05) is 6.92 Å². The van der Waals surface area contributed by atoms with E-state index >= 15 is 0 Å². The number of aliphatic hydroxyl groups is 1. The van der Waals surface area contributed by atoms with Crippen LogP contribution in [-0.2, 0) is 28.5 Å². The molecule has 5 atom stereocenters. The topological polar surface area (TPSA) is 83.5 Å². The zero-order valence-corrected chi connectivity index (χ0v) is 17.5. The molecule has 0 bridgehead atoms. The van der Waals surface area contributed by atoms with Gasteiger partial charge in [-0.2, -0.15) is 0 Å². The van der Waals surface area contributed by atoms with Gasteiger partial charge in [0, 0.05) is 0 Å². The summed E-state index contributed by atoms with van der Waals surface area (Å²) in [4.78, 5) is 12.4. The number of hydrogen-bond donors (Lipinski definition) is 1. The Hall–Kier alpha value is -0.730. The van der Waals surface area contributed by atoms with Gasteiger partial charge in [0.25, 0.3) is 0 Å². The lowest BCUT2D eigenvalue weighted by Crippen LogP contribution is -2.46. The van der Waals surface area contributed by atoms with E-state index in [9.17, 15) is 9.90 Å². The third kappa shape index (κ3) is 6.12. The van der Waals surface area contributed by atoms with E-state index in [-0.39, 0.29) is 25.1 Å². The van der Waals surface area contributed by atoms with Crippen molar-refractivity contribution in [3.05, 3.63) is 0 Å². The van der Waals surface area contributed by atoms with E-state index in [2.05, 4.69) is 6.92 Å². The van der Waals surface area contributed by atoms with Crippen LogP contribution in [-0.4, -0.2) is 60.3 Å². The first-order valence-corrected chi connectivity index (χ1v) is 10.1. The fourth-order valence-corrected chi connectivity index (χ4v) is 3.60. The minimum Gasteiger partial charge on any atom is -0.463 e. The predicted molar refractivity (Wildman–Crippen MR) is 99.0 cm³/mol. The first-order valence-electron chi connectivity index (χ1n) is 10.1. The summed E-state index contributed by atoms with van der Waals surface area (Å²) < 4.78 is 28.6. The van der Waals surface area contributed by atoms with Crippen molar-refractivity contribution >= 4 is 5.97 Å². The maximum atomic E-state index is 12.4. The molecule has 0 radical (unpaired) electrons. The lowest BCUT2D eigenvalue weighted by atomic mass is 9.99. The van der Waals surface area contributed by atoms with Crippen molar-refractivity contribution in [3.8, 4) is 0 Å². The van der Waals surface area contributed by atoms with Gasteiger partial charge in [0.05, 0.1) is 12.5 Å². The number of ether oxygens (including phenoxy) is 5. The van der Waals surface area contributed by atoms with Crippen LogP contribution in [0.2, 0.25) is 0 Å². The van der Waals surface area contributed by atoms with Gasteiger partial charge in [0.1, 0.15) is 31.0 Å². The molecular formula is C20H36O7. The SMILES string of the molecule is CCCCC(CC)C(=O)OC[C@@H]1OC(C)(C)O[C@H]1[C@H](O)[C@H]1COC(C)(C)O1. The molecule has 0 saturated carbocycles. The van der Waals surface area contributed by atoms with Crippen molar-refractivity contribution in [1.29, 1.82) is 0 Å². The zero-order valence-electron chi connectivity index (χ0n) is 17.5. The van der Waals surface area contributed by atoms with E-state index in [0.717, 1.165) is 25.7 Å². The van der Waals surface area contributed by atoms with E-state index in [0.29, 0.717) is 0 Å². The van der Waals surface area contributed by atoms with Gasteiger partial charge in [0.15, 0.2) is 11.6 Å². The molecule has 7 heteroatoms. The summed E-state index contributed by atoms with van der Waals surface area (Å²) in [6.07, 6.45) is 0.939. The van der Waals surface area contributed by atoms with Crippen LogP contribution in [0, 0.1) is 5.92 Å². The molecule has 2 heterocycles. The Balaban J connectivity index is 1.96. The number of esters is 1. The largest absolute Gasteiger partial charge is 0.463 e. The molecule has 158 valence electrons. The number of unbranched alkanes of at least 4 members (excludes halogenated alkanes) is 1. The molecule has 1 unspecified atom stereocenters. The number of carbonyl (C=O) groups excluding carboxylic acids is 1. The Morgan fingerprint density at radius 2 is 1.85 bits per heavy atom. The summed E-state index contributed by atoms with van der Waals surface area (Å²) in [5.74, 6) is -1.93. The highest BCUT2D eigenvalue weighted by atomic mass is 16.8. The number of rotatable bonds is 9. The molecule has 2 aliphatic heterocycles. The maximum Gasteiger partial charge on any atom is 0.309 e. The molecule has 0 aromatic rings. The molecular weight excluding hydrogens is 352 g/mol. The molecule has 2 rings (SSSR count). The fraction of sp³-hybridized carbons (Fsp3) is 0.950. The lowest BCUT2D eigenvalue weighted by molar-refractivity contribution is -0.179. The summed E-state index contributed by atoms with van der Waals surface area (Å²) in [6.45, 7) is 11.6. The minimum absolute atomic E-state index is 0.0452. The summed E-state index contributed by atoms with van der Waals surface area (Å²) in [6, 6.07) is 0. The van der Waals surface area contributed by atoms with Gasteiger partial charge in [0.2, 0.25) is 0 Å². The molecule has 1 N–H and O–H groups in total. The van der Waals surface area contributed by atoms with Crippen LogP contribution < -0.4 is 0 Å². The Labute approximate surface area is 162 Å². The average Bonchev–Trinajstić information content (AvgIpc) is 3.11. The van der Waals surface area contributed by atoms with Gasteiger partial charge in [-0.3, -0.25) is 4.79 Å². The molecule has 0 aliphatic carbocycles.